The van der Waals surface area contributed by atoms with Crippen LogP contribution in [0, 0.1) is 13.8 Å². The molecule has 2 N–H and O–H groups in total. The average Bonchev–Trinajstić information content (AvgIpc) is 3.74. The summed E-state index contributed by atoms with van der Waals surface area (Å²) in [6.07, 6.45) is 6.62. The number of carbonyl (C=O) groups excluding carboxylic acids is 3. The van der Waals surface area contributed by atoms with Gasteiger partial charge in [-0.2, -0.15) is 0 Å². The van der Waals surface area contributed by atoms with E-state index in [2.05, 4.69) is 10.6 Å². The van der Waals surface area contributed by atoms with Crippen LogP contribution >= 0.6 is 0 Å². The monoisotopic (exact) mass is 547 g/mol. The van der Waals surface area contributed by atoms with E-state index in [0.717, 1.165) is 60.8 Å². The molecule has 0 bridgehead atoms. The van der Waals surface area contributed by atoms with Crippen molar-refractivity contribution < 1.29 is 19.1 Å². The van der Waals surface area contributed by atoms with Crippen LogP contribution in [-0.4, -0.2) is 46.5 Å². The van der Waals surface area contributed by atoms with Crippen molar-refractivity contribution in [1.82, 2.24) is 15.5 Å². The van der Waals surface area contributed by atoms with Gasteiger partial charge in [0.2, 0.25) is 11.8 Å². The number of nitrogens with one attached hydrogen (secondary N) is 2. The van der Waals surface area contributed by atoms with Crippen LogP contribution < -0.4 is 10.6 Å². The van der Waals surface area contributed by atoms with Gasteiger partial charge in [0, 0.05) is 18.5 Å². The second-order valence-corrected chi connectivity index (χ2v) is 12.4. The highest BCUT2D eigenvalue weighted by molar-refractivity contribution is 5.93. The summed E-state index contributed by atoms with van der Waals surface area (Å²) in [7, 11) is 0. The van der Waals surface area contributed by atoms with Gasteiger partial charge in [0.05, 0.1) is 0 Å². The first-order valence-corrected chi connectivity index (χ1v) is 14.8. The smallest absolute Gasteiger partial charge is 0.408 e. The van der Waals surface area contributed by atoms with Crippen LogP contribution in [0.15, 0.2) is 48.5 Å². The van der Waals surface area contributed by atoms with Gasteiger partial charge < -0.3 is 20.3 Å². The van der Waals surface area contributed by atoms with Crippen molar-refractivity contribution in [2.24, 2.45) is 0 Å². The summed E-state index contributed by atoms with van der Waals surface area (Å²) >= 11 is 0. The molecule has 0 aliphatic heterocycles. The van der Waals surface area contributed by atoms with E-state index >= 15 is 0 Å². The van der Waals surface area contributed by atoms with Crippen molar-refractivity contribution in [3.63, 3.8) is 0 Å². The van der Waals surface area contributed by atoms with E-state index in [0.29, 0.717) is 6.42 Å². The Hall–Kier alpha value is -3.35. The van der Waals surface area contributed by atoms with Gasteiger partial charge in [-0.25, -0.2) is 4.79 Å². The maximum atomic E-state index is 14.5. The summed E-state index contributed by atoms with van der Waals surface area (Å²) in [5.41, 5.74) is 3.13. The fourth-order valence-corrected chi connectivity index (χ4v) is 5.56. The van der Waals surface area contributed by atoms with E-state index in [1.54, 1.807) is 25.7 Å². The molecule has 0 saturated heterocycles. The molecule has 2 fully saturated rings. The number of alkyl carbamates (subject to hydrolysis) is 1. The first-order valence-electron chi connectivity index (χ1n) is 14.8. The number of nitrogens with zero attached hydrogens (tertiary/aromatic N) is 1. The van der Waals surface area contributed by atoms with Gasteiger partial charge in [0.1, 0.15) is 17.7 Å². The van der Waals surface area contributed by atoms with E-state index in [1.165, 1.54) is 6.42 Å². The second-order valence-electron chi connectivity index (χ2n) is 12.4. The fourth-order valence-electron chi connectivity index (χ4n) is 5.56. The molecule has 4 rings (SSSR count). The number of benzene rings is 2. The Morgan fingerprint density at radius 2 is 1.60 bits per heavy atom. The minimum Gasteiger partial charge on any atom is -0.444 e. The maximum Gasteiger partial charge on any atom is 0.408 e. The van der Waals surface area contributed by atoms with Crippen LogP contribution in [0.5, 0.6) is 0 Å². The Kier molecular flexibility index (Phi) is 9.54. The van der Waals surface area contributed by atoms with E-state index in [9.17, 15) is 14.4 Å². The fraction of sp³-hybridized carbons (Fsp3) is 0.545. The summed E-state index contributed by atoms with van der Waals surface area (Å²) in [5.74, 6) is -0.404. The molecule has 7 heteroatoms. The lowest BCUT2D eigenvalue weighted by molar-refractivity contribution is -0.143. The molecule has 2 saturated carbocycles. The summed E-state index contributed by atoms with van der Waals surface area (Å²) < 4.78 is 5.54. The summed E-state index contributed by atoms with van der Waals surface area (Å²) in [5, 5.41) is 6.15. The Morgan fingerprint density at radius 3 is 2.23 bits per heavy atom. The zero-order valence-electron chi connectivity index (χ0n) is 24.7. The molecule has 40 heavy (non-hydrogen) atoms. The molecule has 2 unspecified atom stereocenters. The molecule has 3 amide bonds. The summed E-state index contributed by atoms with van der Waals surface area (Å²) in [6, 6.07) is 14.0. The van der Waals surface area contributed by atoms with E-state index in [-0.39, 0.29) is 23.9 Å². The van der Waals surface area contributed by atoms with Gasteiger partial charge in [-0.05, 0) is 82.6 Å². The molecule has 2 atom stereocenters. The molecule has 2 aromatic rings. The first kappa shape index (κ1) is 29.6. The van der Waals surface area contributed by atoms with Crippen molar-refractivity contribution in [3.05, 3.63) is 70.8 Å². The predicted octanol–water partition coefficient (Wildman–Crippen LogP) is 5.92. The largest absolute Gasteiger partial charge is 0.444 e. The van der Waals surface area contributed by atoms with Crippen LogP contribution in [0.3, 0.4) is 0 Å². The van der Waals surface area contributed by atoms with Gasteiger partial charge in [-0.3, -0.25) is 9.59 Å². The molecule has 2 aliphatic carbocycles. The number of ether oxygens (including phenoxy) is 1. The minimum atomic E-state index is -0.882. The molecule has 0 radical (unpaired) electrons. The van der Waals surface area contributed by atoms with Crippen LogP contribution in [0.25, 0.3) is 0 Å². The van der Waals surface area contributed by atoms with E-state index < -0.39 is 23.8 Å². The lowest BCUT2D eigenvalue weighted by atomic mass is 9.92. The van der Waals surface area contributed by atoms with Crippen molar-refractivity contribution in [2.45, 2.75) is 116 Å². The highest BCUT2D eigenvalue weighted by Crippen LogP contribution is 2.37. The summed E-state index contributed by atoms with van der Waals surface area (Å²) in [4.78, 5) is 43.3. The number of hydrogen-bond acceptors (Lipinski definition) is 4. The number of rotatable bonds is 9. The Balaban J connectivity index is 1.70. The lowest BCUT2D eigenvalue weighted by Gasteiger charge is -2.36. The third-order valence-corrected chi connectivity index (χ3v) is 7.89. The van der Waals surface area contributed by atoms with Gasteiger partial charge in [-0.1, -0.05) is 67.8 Å². The average molecular weight is 548 g/mol. The Morgan fingerprint density at radius 1 is 0.925 bits per heavy atom. The first-order chi connectivity index (χ1) is 19.0. The number of carbonyl (C=O) groups is 3. The van der Waals surface area contributed by atoms with E-state index in [4.69, 9.17) is 4.74 Å². The molecule has 0 spiro atoms. The molecule has 2 aromatic carbocycles. The van der Waals surface area contributed by atoms with Gasteiger partial charge in [0.25, 0.3) is 0 Å². The van der Waals surface area contributed by atoms with E-state index in [1.807, 2.05) is 62.4 Å². The SMILES string of the molecule is Cc1cccc(C(C(=O)NC2CCCCC2)N(C(=O)C(Cc2ccccc2)NC(=O)OC(C)(C)C)C2CC2)c1C. The minimum absolute atomic E-state index is 0.0618. The van der Waals surface area contributed by atoms with Crippen molar-refractivity contribution >= 4 is 17.9 Å². The molecule has 0 aromatic heterocycles. The number of amides is 3. The van der Waals surface area contributed by atoms with Crippen LogP contribution in [-0.2, 0) is 20.7 Å². The third kappa shape index (κ3) is 7.86. The molecular weight excluding hydrogens is 502 g/mol. The second kappa shape index (κ2) is 12.9. The molecule has 0 heterocycles. The molecular formula is C33H45N3O4. The van der Waals surface area contributed by atoms with Crippen LogP contribution in [0.2, 0.25) is 0 Å². The quantitative estimate of drug-likeness (QED) is 0.408. The van der Waals surface area contributed by atoms with Crippen LogP contribution in [0.4, 0.5) is 4.79 Å². The zero-order valence-corrected chi connectivity index (χ0v) is 24.7. The molecule has 216 valence electrons. The number of aryl methyl sites for hydroxylation is 1. The normalized spacial score (nSPS) is 17.4. The van der Waals surface area contributed by atoms with Crippen molar-refractivity contribution in [3.8, 4) is 0 Å². The summed E-state index contributed by atoms with van der Waals surface area (Å²) in [6.45, 7) is 9.43. The standard InChI is InChI=1S/C33H45N3O4/c1-22-13-12-18-27(23(22)2)29(30(37)34-25-16-10-7-11-17-25)36(26-19-20-26)31(38)28(21-24-14-8-6-9-15-24)35-32(39)40-33(3,4)5/h6,8-9,12-15,18,25-26,28-29H,7,10-11,16-17,19-21H2,1-5H3,(H,34,37)(H,35,39). The maximum absolute atomic E-state index is 14.5. The highest BCUT2D eigenvalue weighted by atomic mass is 16.6. The van der Waals surface area contributed by atoms with Crippen molar-refractivity contribution in [2.75, 3.05) is 0 Å². The van der Waals surface area contributed by atoms with Gasteiger partial charge in [-0.15, -0.1) is 0 Å². The van der Waals surface area contributed by atoms with Gasteiger partial charge in [0.15, 0.2) is 0 Å². The molecule has 2 aliphatic rings. The van der Waals surface area contributed by atoms with Crippen LogP contribution in [0.1, 0.15) is 94.0 Å². The molecule has 7 nitrogen and oxygen atoms in total. The zero-order chi connectivity index (χ0) is 28.9. The van der Waals surface area contributed by atoms with Gasteiger partial charge >= 0.3 is 6.09 Å². The number of hydrogen-bond donors (Lipinski definition) is 2. The Labute approximate surface area is 239 Å². The lowest BCUT2D eigenvalue weighted by Crippen LogP contribution is -2.55. The Bertz CT molecular complexity index is 1180. The highest BCUT2D eigenvalue weighted by Gasteiger charge is 2.45. The topological polar surface area (TPSA) is 87.7 Å². The van der Waals surface area contributed by atoms with Crippen molar-refractivity contribution in [1.29, 1.82) is 0 Å². The third-order valence-electron chi connectivity index (χ3n) is 7.89. The predicted molar refractivity (Wildman–Crippen MR) is 157 cm³/mol.